The van der Waals surface area contributed by atoms with E-state index in [1.807, 2.05) is 0 Å². The van der Waals surface area contributed by atoms with Crippen LogP contribution in [0.4, 0.5) is 9.57 Å². The lowest BCUT2D eigenvalue weighted by Gasteiger charge is -2.08. The molecule has 1 amide bonds. The standard InChI is InChI=1S/C13H10FNO5S/c14-21(19,20)12-4-2-1-3-9(12)15-13(18)8-5-6-10(16)11(17)7-8/h1-7,16-17H,(H,15,18). The number of anilines is 1. The summed E-state index contributed by atoms with van der Waals surface area (Å²) in [7, 11) is -4.98. The third-order valence-corrected chi connectivity index (χ3v) is 3.52. The summed E-state index contributed by atoms with van der Waals surface area (Å²) in [6.07, 6.45) is 0. The Labute approximate surface area is 119 Å². The zero-order chi connectivity index (χ0) is 15.6. The van der Waals surface area contributed by atoms with Crippen LogP contribution in [0.3, 0.4) is 0 Å². The molecule has 0 aromatic heterocycles. The fourth-order valence-corrected chi connectivity index (χ4v) is 2.26. The fraction of sp³-hybridized carbons (Fsp3) is 0. The zero-order valence-electron chi connectivity index (χ0n) is 10.4. The number of halogens is 1. The highest BCUT2D eigenvalue weighted by molar-refractivity contribution is 7.86. The summed E-state index contributed by atoms with van der Waals surface area (Å²) in [4.78, 5) is 11.3. The highest BCUT2D eigenvalue weighted by atomic mass is 32.3. The van der Waals surface area contributed by atoms with Crippen molar-refractivity contribution >= 4 is 21.8 Å². The molecule has 0 unspecified atom stereocenters. The molecular weight excluding hydrogens is 301 g/mol. The normalized spacial score (nSPS) is 11.1. The average Bonchev–Trinajstić information content (AvgIpc) is 2.41. The van der Waals surface area contributed by atoms with Gasteiger partial charge in [0.1, 0.15) is 4.90 Å². The summed E-state index contributed by atoms with van der Waals surface area (Å²) in [6, 6.07) is 8.30. The van der Waals surface area contributed by atoms with Gasteiger partial charge in [-0.3, -0.25) is 4.79 Å². The van der Waals surface area contributed by atoms with Gasteiger partial charge in [-0.15, -0.1) is 3.89 Å². The minimum Gasteiger partial charge on any atom is -0.504 e. The van der Waals surface area contributed by atoms with Gasteiger partial charge in [0.2, 0.25) is 0 Å². The van der Waals surface area contributed by atoms with E-state index < -0.39 is 32.5 Å². The van der Waals surface area contributed by atoms with Crippen LogP contribution in [0, 0.1) is 0 Å². The molecule has 0 bridgehead atoms. The molecule has 0 saturated carbocycles. The van der Waals surface area contributed by atoms with Gasteiger partial charge in [-0.05, 0) is 30.3 Å². The molecule has 0 radical (unpaired) electrons. The van der Waals surface area contributed by atoms with Crippen molar-refractivity contribution in [3.63, 3.8) is 0 Å². The summed E-state index contributed by atoms with van der Waals surface area (Å²) in [5, 5.41) is 20.7. The Hall–Kier alpha value is -2.61. The van der Waals surface area contributed by atoms with Crippen molar-refractivity contribution in [3.05, 3.63) is 48.0 Å². The van der Waals surface area contributed by atoms with E-state index in [1.54, 1.807) is 0 Å². The van der Waals surface area contributed by atoms with Gasteiger partial charge in [0.15, 0.2) is 11.5 Å². The molecular formula is C13H10FNO5S. The molecule has 0 saturated heterocycles. The van der Waals surface area contributed by atoms with E-state index in [-0.39, 0.29) is 11.3 Å². The molecule has 0 heterocycles. The molecule has 0 aliphatic heterocycles. The van der Waals surface area contributed by atoms with Gasteiger partial charge in [-0.25, -0.2) is 0 Å². The molecule has 2 rings (SSSR count). The molecule has 110 valence electrons. The van der Waals surface area contributed by atoms with Gasteiger partial charge in [0.05, 0.1) is 5.69 Å². The number of phenolic OH excluding ortho intramolecular Hbond substituents is 2. The second-order valence-electron chi connectivity index (χ2n) is 4.09. The Morgan fingerprint density at radius 1 is 1.05 bits per heavy atom. The molecule has 0 aliphatic rings. The molecule has 2 aromatic rings. The van der Waals surface area contributed by atoms with Crippen LogP contribution in [0.25, 0.3) is 0 Å². The molecule has 2 aromatic carbocycles. The number of amides is 1. The third-order valence-electron chi connectivity index (χ3n) is 2.64. The monoisotopic (exact) mass is 311 g/mol. The lowest BCUT2D eigenvalue weighted by atomic mass is 10.2. The quantitative estimate of drug-likeness (QED) is 0.594. The van der Waals surface area contributed by atoms with Gasteiger partial charge < -0.3 is 15.5 Å². The van der Waals surface area contributed by atoms with E-state index in [9.17, 15) is 22.2 Å². The Morgan fingerprint density at radius 2 is 1.71 bits per heavy atom. The van der Waals surface area contributed by atoms with Crippen LogP contribution in [-0.4, -0.2) is 24.5 Å². The number of nitrogens with one attached hydrogen (secondary N) is 1. The summed E-state index contributed by atoms with van der Waals surface area (Å²) >= 11 is 0. The number of phenols is 2. The molecule has 0 aliphatic carbocycles. The number of hydrogen-bond donors (Lipinski definition) is 3. The predicted octanol–water partition coefficient (Wildman–Crippen LogP) is 2.01. The van der Waals surface area contributed by atoms with E-state index in [2.05, 4.69) is 5.32 Å². The molecule has 6 nitrogen and oxygen atoms in total. The largest absolute Gasteiger partial charge is 0.504 e. The second kappa shape index (κ2) is 5.41. The lowest BCUT2D eigenvalue weighted by molar-refractivity contribution is 0.102. The first-order valence-corrected chi connectivity index (χ1v) is 7.04. The number of benzene rings is 2. The van der Waals surface area contributed by atoms with Crippen LogP contribution < -0.4 is 5.32 Å². The maximum Gasteiger partial charge on any atom is 0.334 e. The van der Waals surface area contributed by atoms with Crippen LogP contribution in [0.1, 0.15) is 10.4 Å². The third kappa shape index (κ3) is 3.29. The number of hydrogen-bond acceptors (Lipinski definition) is 5. The fourth-order valence-electron chi connectivity index (χ4n) is 1.64. The van der Waals surface area contributed by atoms with Crippen LogP contribution >= 0.6 is 0 Å². The predicted molar refractivity (Wildman–Crippen MR) is 72.5 cm³/mol. The van der Waals surface area contributed by atoms with Gasteiger partial charge >= 0.3 is 10.2 Å². The summed E-state index contributed by atoms with van der Waals surface area (Å²) in [5.74, 6) is -1.67. The minimum atomic E-state index is -4.98. The maximum atomic E-state index is 13.1. The minimum absolute atomic E-state index is 0.0311. The molecule has 8 heteroatoms. The van der Waals surface area contributed by atoms with Gasteiger partial charge in [0.25, 0.3) is 5.91 Å². The Kier molecular flexibility index (Phi) is 3.81. The smallest absolute Gasteiger partial charge is 0.334 e. The molecule has 21 heavy (non-hydrogen) atoms. The molecule has 0 spiro atoms. The molecule has 0 fully saturated rings. The van der Waals surface area contributed by atoms with E-state index in [0.29, 0.717) is 0 Å². The molecule has 0 atom stereocenters. The van der Waals surface area contributed by atoms with Crippen molar-refractivity contribution in [2.45, 2.75) is 4.90 Å². The highest BCUT2D eigenvalue weighted by Crippen LogP contribution is 2.27. The van der Waals surface area contributed by atoms with Crippen molar-refractivity contribution in [2.24, 2.45) is 0 Å². The number of carbonyl (C=O) groups excluding carboxylic acids is 1. The SMILES string of the molecule is O=C(Nc1ccccc1S(=O)(=O)F)c1ccc(O)c(O)c1. The first-order valence-electron chi connectivity index (χ1n) is 5.66. The van der Waals surface area contributed by atoms with Crippen LogP contribution in [0.2, 0.25) is 0 Å². The van der Waals surface area contributed by atoms with E-state index >= 15 is 0 Å². The van der Waals surface area contributed by atoms with Crippen LogP contribution in [0.5, 0.6) is 11.5 Å². The van der Waals surface area contributed by atoms with E-state index in [1.165, 1.54) is 24.3 Å². The van der Waals surface area contributed by atoms with Crippen molar-refractivity contribution in [3.8, 4) is 11.5 Å². The van der Waals surface area contributed by atoms with Gasteiger partial charge in [-0.1, -0.05) is 12.1 Å². The van der Waals surface area contributed by atoms with Gasteiger partial charge in [-0.2, -0.15) is 8.42 Å². The summed E-state index contributed by atoms with van der Waals surface area (Å²) < 4.78 is 35.1. The summed E-state index contributed by atoms with van der Waals surface area (Å²) in [5.41, 5.74) is -0.256. The second-order valence-corrected chi connectivity index (χ2v) is 5.41. The van der Waals surface area contributed by atoms with Crippen molar-refractivity contribution in [1.82, 2.24) is 0 Å². The number of para-hydroxylation sites is 1. The molecule has 3 N–H and O–H groups in total. The van der Waals surface area contributed by atoms with Crippen molar-refractivity contribution in [2.75, 3.05) is 5.32 Å². The van der Waals surface area contributed by atoms with E-state index in [4.69, 9.17) is 5.11 Å². The Balaban J connectivity index is 2.34. The maximum absolute atomic E-state index is 13.1. The number of aromatic hydroxyl groups is 2. The van der Waals surface area contributed by atoms with E-state index in [0.717, 1.165) is 18.2 Å². The Morgan fingerprint density at radius 3 is 2.33 bits per heavy atom. The van der Waals surface area contributed by atoms with Crippen molar-refractivity contribution < 1.29 is 27.3 Å². The lowest BCUT2D eigenvalue weighted by Crippen LogP contribution is -2.13. The number of rotatable bonds is 3. The number of carbonyl (C=O) groups is 1. The first kappa shape index (κ1) is 14.8. The zero-order valence-corrected chi connectivity index (χ0v) is 11.3. The average molecular weight is 311 g/mol. The summed E-state index contributed by atoms with van der Waals surface area (Å²) in [6.45, 7) is 0. The van der Waals surface area contributed by atoms with Gasteiger partial charge in [0, 0.05) is 5.56 Å². The van der Waals surface area contributed by atoms with Crippen LogP contribution in [-0.2, 0) is 10.2 Å². The topological polar surface area (TPSA) is 104 Å². The highest BCUT2D eigenvalue weighted by Gasteiger charge is 2.19. The Bertz CT molecular complexity index is 804. The van der Waals surface area contributed by atoms with Crippen molar-refractivity contribution in [1.29, 1.82) is 0 Å². The van der Waals surface area contributed by atoms with Crippen LogP contribution in [0.15, 0.2) is 47.4 Å². The first-order chi connectivity index (χ1) is 9.79.